The molecule has 3 nitrogen and oxygen atoms in total. The van der Waals surface area contributed by atoms with E-state index < -0.39 is 0 Å². The molecule has 2 unspecified atom stereocenters. The van der Waals surface area contributed by atoms with Crippen LogP contribution >= 0.6 is 15.9 Å². The van der Waals surface area contributed by atoms with Gasteiger partial charge in [0.2, 0.25) is 0 Å². The zero-order valence-electron chi connectivity index (χ0n) is 11.5. The maximum atomic E-state index is 4.83. The lowest BCUT2D eigenvalue weighted by molar-refractivity contribution is 0.323. The zero-order valence-corrected chi connectivity index (χ0v) is 13.1. The number of anilines is 1. The van der Waals surface area contributed by atoms with E-state index in [1.165, 1.54) is 12.1 Å². The zero-order chi connectivity index (χ0) is 13.4. The molecule has 0 bridgehead atoms. The molecule has 1 aliphatic rings. The highest BCUT2D eigenvalue weighted by Crippen LogP contribution is 2.30. The lowest BCUT2D eigenvalue weighted by Gasteiger charge is -2.35. The molecule has 2 aromatic rings. The van der Waals surface area contributed by atoms with Crippen LogP contribution in [0.1, 0.15) is 26.0 Å². The summed E-state index contributed by atoms with van der Waals surface area (Å²) in [6.07, 6.45) is 3.36. The van der Waals surface area contributed by atoms with Crippen LogP contribution in [0.25, 0.3) is 5.65 Å². The highest BCUT2D eigenvalue weighted by Gasteiger charge is 2.26. The Balaban J connectivity index is 2.00. The second-order valence-electron chi connectivity index (χ2n) is 5.63. The van der Waals surface area contributed by atoms with Gasteiger partial charge in [-0.25, -0.2) is 4.98 Å². The highest BCUT2D eigenvalue weighted by atomic mass is 79.9. The van der Waals surface area contributed by atoms with Gasteiger partial charge in [-0.3, -0.25) is 0 Å². The van der Waals surface area contributed by atoms with Gasteiger partial charge in [-0.05, 0) is 30.4 Å². The van der Waals surface area contributed by atoms with Crippen LogP contribution in [0, 0.1) is 11.8 Å². The van der Waals surface area contributed by atoms with Crippen LogP contribution in [0.3, 0.4) is 0 Å². The predicted molar refractivity (Wildman–Crippen MR) is 83.0 cm³/mol. The quantitative estimate of drug-likeness (QED) is 0.786. The summed E-state index contributed by atoms with van der Waals surface area (Å²) in [6, 6.07) is 6.18. The molecule has 1 aliphatic heterocycles. The maximum absolute atomic E-state index is 4.83. The van der Waals surface area contributed by atoms with E-state index in [4.69, 9.17) is 4.98 Å². The Morgan fingerprint density at radius 2 is 2.16 bits per heavy atom. The highest BCUT2D eigenvalue weighted by molar-refractivity contribution is 9.08. The van der Waals surface area contributed by atoms with Gasteiger partial charge in [0.1, 0.15) is 5.65 Å². The van der Waals surface area contributed by atoms with E-state index in [-0.39, 0.29) is 0 Å². The molecular formula is C15H20BrN3. The van der Waals surface area contributed by atoms with Crippen LogP contribution < -0.4 is 4.90 Å². The van der Waals surface area contributed by atoms with Gasteiger partial charge in [-0.1, -0.05) is 35.8 Å². The van der Waals surface area contributed by atoms with E-state index in [9.17, 15) is 0 Å². The number of fused-ring (bicyclic) bond motifs is 1. The fraction of sp³-hybridized carbons (Fsp3) is 0.533. The van der Waals surface area contributed by atoms with Crippen molar-refractivity contribution in [2.24, 2.45) is 11.8 Å². The van der Waals surface area contributed by atoms with Crippen LogP contribution in [-0.2, 0) is 5.33 Å². The molecule has 2 atom stereocenters. The molecule has 0 radical (unpaired) electrons. The number of alkyl halides is 1. The average molecular weight is 322 g/mol. The van der Waals surface area contributed by atoms with Gasteiger partial charge in [-0.2, -0.15) is 0 Å². The first-order chi connectivity index (χ1) is 9.20. The molecule has 4 heteroatoms. The summed E-state index contributed by atoms with van der Waals surface area (Å²) in [4.78, 5) is 7.28. The summed E-state index contributed by atoms with van der Waals surface area (Å²) in [6.45, 7) is 6.94. The Morgan fingerprint density at radius 1 is 1.32 bits per heavy atom. The number of nitrogens with zero attached hydrogens (tertiary/aromatic N) is 3. The lowest BCUT2D eigenvalue weighted by atomic mass is 9.89. The number of piperidine rings is 1. The average Bonchev–Trinajstić information content (AvgIpc) is 2.80. The molecule has 3 rings (SSSR count). The number of halogens is 1. The second-order valence-corrected chi connectivity index (χ2v) is 6.19. The number of hydrogen-bond acceptors (Lipinski definition) is 2. The number of imidazole rings is 1. The van der Waals surface area contributed by atoms with E-state index in [0.29, 0.717) is 0 Å². The summed E-state index contributed by atoms with van der Waals surface area (Å²) in [5.41, 5.74) is 2.30. The topological polar surface area (TPSA) is 20.5 Å². The van der Waals surface area contributed by atoms with Crippen LogP contribution in [0.4, 0.5) is 5.82 Å². The number of hydrogen-bond donors (Lipinski definition) is 0. The Hall–Kier alpha value is -1.03. The van der Waals surface area contributed by atoms with Crippen molar-refractivity contribution in [3.8, 4) is 0 Å². The fourth-order valence-corrected chi connectivity index (χ4v) is 3.39. The van der Waals surface area contributed by atoms with Gasteiger partial charge in [0.25, 0.3) is 0 Å². The normalized spacial score (nSPS) is 24.1. The van der Waals surface area contributed by atoms with Crippen LogP contribution in [0.2, 0.25) is 0 Å². The first kappa shape index (κ1) is 13.0. The summed E-state index contributed by atoms with van der Waals surface area (Å²) in [7, 11) is 0. The molecule has 0 aromatic carbocycles. The fourth-order valence-electron chi connectivity index (χ4n) is 2.87. The van der Waals surface area contributed by atoms with Gasteiger partial charge >= 0.3 is 0 Å². The van der Waals surface area contributed by atoms with Crippen LogP contribution in [-0.4, -0.2) is 22.5 Å². The number of pyridine rings is 1. The Kier molecular flexibility index (Phi) is 3.52. The molecule has 0 N–H and O–H groups in total. The molecular weight excluding hydrogens is 302 g/mol. The molecule has 2 aromatic heterocycles. The predicted octanol–water partition coefficient (Wildman–Crippen LogP) is 3.71. The summed E-state index contributed by atoms with van der Waals surface area (Å²) < 4.78 is 2.19. The van der Waals surface area contributed by atoms with E-state index in [1.54, 1.807) is 0 Å². The van der Waals surface area contributed by atoms with E-state index in [0.717, 1.165) is 41.7 Å². The summed E-state index contributed by atoms with van der Waals surface area (Å²) in [5, 5.41) is 0.841. The summed E-state index contributed by atoms with van der Waals surface area (Å²) in [5.74, 6) is 2.71. The minimum Gasteiger partial charge on any atom is -0.355 e. The van der Waals surface area contributed by atoms with E-state index >= 15 is 0 Å². The van der Waals surface area contributed by atoms with Crippen molar-refractivity contribution in [1.29, 1.82) is 0 Å². The SMILES string of the molecule is CC1CCN(c2nc3ccccn3c2CBr)CC1C. The third-order valence-corrected chi connectivity index (χ3v) is 4.90. The molecule has 0 aliphatic carbocycles. The van der Waals surface area contributed by atoms with Crippen LogP contribution in [0.5, 0.6) is 0 Å². The largest absolute Gasteiger partial charge is 0.355 e. The first-order valence-corrected chi connectivity index (χ1v) is 8.09. The smallest absolute Gasteiger partial charge is 0.152 e. The third kappa shape index (κ3) is 2.27. The number of rotatable bonds is 2. The van der Waals surface area contributed by atoms with Crippen molar-refractivity contribution in [3.05, 3.63) is 30.1 Å². The molecule has 102 valence electrons. The minimum atomic E-state index is 0.738. The van der Waals surface area contributed by atoms with E-state index in [2.05, 4.69) is 57.4 Å². The standard InChI is InChI=1S/C15H20BrN3/c1-11-6-8-18(10-12(11)2)15-13(9-16)19-7-4-3-5-14(19)17-15/h3-5,7,11-12H,6,8-10H2,1-2H3. The Labute approximate surface area is 122 Å². The van der Waals surface area contributed by atoms with Gasteiger partial charge in [0, 0.05) is 24.6 Å². The van der Waals surface area contributed by atoms with Crippen molar-refractivity contribution < 1.29 is 0 Å². The maximum Gasteiger partial charge on any atom is 0.152 e. The Morgan fingerprint density at radius 3 is 2.89 bits per heavy atom. The Bertz CT molecular complexity index is 578. The van der Waals surface area contributed by atoms with Crippen molar-refractivity contribution >= 4 is 27.4 Å². The molecule has 19 heavy (non-hydrogen) atoms. The van der Waals surface area contributed by atoms with Gasteiger partial charge in [0.05, 0.1) is 5.69 Å². The van der Waals surface area contributed by atoms with Crippen molar-refractivity contribution in [2.75, 3.05) is 18.0 Å². The van der Waals surface area contributed by atoms with Gasteiger partial charge in [-0.15, -0.1) is 0 Å². The molecule has 3 heterocycles. The number of aromatic nitrogens is 2. The monoisotopic (exact) mass is 321 g/mol. The first-order valence-electron chi connectivity index (χ1n) is 6.97. The van der Waals surface area contributed by atoms with Crippen molar-refractivity contribution in [1.82, 2.24) is 9.38 Å². The third-order valence-electron chi connectivity index (χ3n) is 4.37. The molecule has 0 amide bonds. The van der Waals surface area contributed by atoms with Gasteiger partial charge < -0.3 is 9.30 Å². The molecule has 0 saturated carbocycles. The molecule has 1 saturated heterocycles. The lowest BCUT2D eigenvalue weighted by Crippen LogP contribution is -2.39. The van der Waals surface area contributed by atoms with Crippen molar-refractivity contribution in [2.45, 2.75) is 25.6 Å². The van der Waals surface area contributed by atoms with Gasteiger partial charge in [0.15, 0.2) is 5.82 Å². The summed E-state index contributed by atoms with van der Waals surface area (Å²) >= 11 is 3.61. The van der Waals surface area contributed by atoms with Crippen molar-refractivity contribution in [3.63, 3.8) is 0 Å². The molecule has 0 spiro atoms. The van der Waals surface area contributed by atoms with E-state index in [1.807, 2.05) is 6.07 Å². The molecule has 1 fully saturated rings. The van der Waals surface area contributed by atoms with Crippen LogP contribution in [0.15, 0.2) is 24.4 Å². The second kappa shape index (κ2) is 5.16. The minimum absolute atomic E-state index is 0.738.